The molecular weight excluding hydrogens is 320 g/mol. The predicted molar refractivity (Wildman–Crippen MR) is 81.7 cm³/mol. The van der Waals surface area contributed by atoms with Crippen LogP contribution in [0.2, 0.25) is 0 Å². The Balaban J connectivity index is 2.34. The summed E-state index contributed by atoms with van der Waals surface area (Å²) in [4.78, 5) is 23.5. The first kappa shape index (κ1) is 17.3. The average Bonchev–Trinajstić information content (AvgIpc) is 3.03. The fourth-order valence-electron chi connectivity index (χ4n) is 2.00. The lowest BCUT2D eigenvalue weighted by Gasteiger charge is -2.14. The Morgan fingerprint density at radius 3 is 2.54 bits per heavy atom. The highest BCUT2D eigenvalue weighted by Gasteiger charge is 2.20. The van der Waals surface area contributed by atoms with Gasteiger partial charge in [0.05, 0.1) is 25.5 Å². The number of nitrogens with one attached hydrogen (secondary N) is 1. The zero-order chi connectivity index (χ0) is 17.7. The Bertz CT molecular complexity index is 754. The number of nitrogens with zero attached hydrogens (tertiary/aromatic N) is 1. The van der Waals surface area contributed by atoms with E-state index in [0.29, 0.717) is 5.76 Å². The van der Waals surface area contributed by atoms with Crippen LogP contribution >= 0.6 is 0 Å². The van der Waals surface area contributed by atoms with Crippen LogP contribution in [0.15, 0.2) is 22.7 Å². The molecule has 0 saturated carbocycles. The summed E-state index contributed by atoms with van der Waals surface area (Å²) >= 11 is 0. The molecule has 0 unspecified atom stereocenters. The summed E-state index contributed by atoms with van der Waals surface area (Å²) in [7, 11) is 4.22. The van der Waals surface area contributed by atoms with Crippen LogP contribution in [-0.2, 0) is 11.3 Å². The first-order valence-corrected chi connectivity index (χ1v) is 6.75. The van der Waals surface area contributed by atoms with E-state index in [4.69, 9.17) is 23.8 Å². The number of carbonyl (C=O) groups is 2. The van der Waals surface area contributed by atoms with Gasteiger partial charge in [0.25, 0.3) is 5.91 Å². The highest BCUT2D eigenvalue weighted by Crippen LogP contribution is 2.36. The number of aromatic carboxylic acids is 1. The first-order chi connectivity index (χ1) is 11.5. The Kier molecular flexibility index (Phi) is 5.38. The highest BCUT2D eigenvalue weighted by molar-refractivity contribution is 6.04. The van der Waals surface area contributed by atoms with Gasteiger partial charge in [-0.05, 0) is 12.1 Å². The molecule has 0 aliphatic heterocycles. The number of hydrogen-bond acceptors (Lipinski definition) is 7. The molecule has 9 nitrogen and oxygen atoms in total. The Labute approximate surface area is 137 Å². The maximum absolute atomic E-state index is 12.3. The van der Waals surface area contributed by atoms with Crippen molar-refractivity contribution >= 4 is 17.6 Å². The van der Waals surface area contributed by atoms with Gasteiger partial charge in [0.1, 0.15) is 6.61 Å². The molecule has 0 saturated heterocycles. The number of methoxy groups -OCH3 is 3. The molecule has 0 fully saturated rings. The number of carbonyl (C=O) groups excluding carboxylic acids is 1. The lowest BCUT2D eigenvalue weighted by molar-refractivity contribution is 0.0696. The summed E-state index contributed by atoms with van der Waals surface area (Å²) in [5, 5.41) is 15.3. The van der Waals surface area contributed by atoms with Gasteiger partial charge in [-0.15, -0.1) is 0 Å². The van der Waals surface area contributed by atoms with Crippen LogP contribution < -0.4 is 14.8 Å². The van der Waals surface area contributed by atoms with E-state index in [0.717, 1.165) is 0 Å². The normalized spacial score (nSPS) is 10.3. The maximum Gasteiger partial charge on any atom is 0.335 e. The quantitative estimate of drug-likeness (QED) is 0.785. The summed E-state index contributed by atoms with van der Waals surface area (Å²) in [6, 6.07) is 3.98. The van der Waals surface area contributed by atoms with Crippen LogP contribution in [0, 0.1) is 0 Å². The third kappa shape index (κ3) is 3.63. The van der Waals surface area contributed by atoms with E-state index in [-0.39, 0.29) is 35.1 Å². The van der Waals surface area contributed by atoms with E-state index in [2.05, 4.69) is 10.5 Å². The van der Waals surface area contributed by atoms with Gasteiger partial charge in [-0.25, -0.2) is 4.79 Å². The zero-order valence-corrected chi connectivity index (χ0v) is 13.3. The SMILES string of the molecule is COCc1cc(C(=O)Nc2cc(C(=O)O)cc(OC)c2OC)no1. The first-order valence-electron chi connectivity index (χ1n) is 6.75. The molecule has 1 heterocycles. The van der Waals surface area contributed by atoms with E-state index in [1.54, 1.807) is 0 Å². The maximum atomic E-state index is 12.3. The van der Waals surface area contributed by atoms with Crippen molar-refractivity contribution in [3.05, 3.63) is 35.2 Å². The summed E-state index contributed by atoms with van der Waals surface area (Å²) < 4.78 is 20.1. The van der Waals surface area contributed by atoms with Crippen LogP contribution in [0.25, 0.3) is 0 Å². The van der Waals surface area contributed by atoms with Crippen molar-refractivity contribution in [3.8, 4) is 11.5 Å². The standard InChI is InChI=1S/C15H16N2O7/c1-21-7-9-6-11(17-24-9)14(18)16-10-4-8(15(19)20)5-12(22-2)13(10)23-3/h4-6H,7H2,1-3H3,(H,16,18)(H,19,20). The molecular formula is C15H16N2O7. The number of carboxylic acids is 1. The van der Waals surface area contributed by atoms with Gasteiger partial charge >= 0.3 is 5.97 Å². The van der Waals surface area contributed by atoms with Crippen molar-refractivity contribution in [3.63, 3.8) is 0 Å². The molecule has 1 aromatic heterocycles. The molecule has 9 heteroatoms. The van der Waals surface area contributed by atoms with Gasteiger partial charge in [0.2, 0.25) is 0 Å². The van der Waals surface area contributed by atoms with Crippen molar-refractivity contribution in [2.45, 2.75) is 6.61 Å². The molecule has 0 aliphatic carbocycles. The smallest absolute Gasteiger partial charge is 0.335 e. The molecule has 2 aromatic rings. The number of ether oxygens (including phenoxy) is 3. The van der Waals surface area contributed by atoms with Crippen LogP contribution in [-0.4, -0.2) is 43.5 Å². The van der Waals surface area contributed by atoms with Crippen molar-refractivity contribution < 1.29 is 33.4 Å². The minimum atomic E-state index is -1.17. The Morgan fingerprint density at radius 1 is 1.21 bits per heavy atom. The van der Waals surface area contributed by atoms with E-state index in [9.17, 15) is 9.59 Å². The predicted octanol–water partition coefficient (Wildman–Crippen LogP) is 1.79. The van der Waals surface area contributed by atoms with Crippen molar-refractivity contribution in [1.82, 2.24) is 5.16 Å². The van der Waals surface area contributed by atoms with Crippen LogP contribution in [0.1, 0.15) is 26.6 Å². The van der Waals surface area contributed by atoms with Crippen molar-refractivity contribution in [2.75, 3.05) is 26.6 Å². The Morgan fingerprint density at radius 2 is 1.96 bits per heavy atom. The van der Waals surface area contributed by atoms with Crippen LogP contribution in [0.4, 0.5) is 5.69 Å². The van der Waals surface area contributed by atoms with Gasteiger partial charge in [0, 0.05) is 13.2 Å². The second-order valence-corrected chi connectivity index (χ2v) is 4.63. The average molecular weight is 336 g/mol. The number of benzene rings is 1. The number of anilines is 1. The van der Waals surface area contributed by atoms with E-state index >= 15 is 0 Å². The monoisotopic (exact) mass is 336 g/mol. The van der Waals surface area contributed by atoms with Crippen LogP contribution in [0.3, 0.4) is 0 Å². The second-order valence-electron chi connectivity index (χ2n) is 4.63. The minimum absolute atomic E-state index is 0.0174. The van der Waals surface area contributed by atoms with E-state index in [1.165, 1.54) is 39.5 Å². The van der Waals surface area contributed by atoms with Crippen molar-refractivity contribution in [1.29, 1.82) is 0 Å². The van der Waals surface area contributed by atoms with Gasteiger partial charge in [-0.2, -0.15) is 0 Å². The van der Waals surface area contributed by atoms with E-state index < -0.39 is 11.9 Å². The molecule has 1 amide bonds. The molecule has 1 aromatic carbocycles. The largest absolute Gasteiger partial charge is 0.493 e. The van der Waals surface area contributed by atoms with Gasteiger partial charge in [-0.1, -0.05) is 5.16 Å². The highest BCUT2D eigenvalue weighted by atomic mass is 16.5. The Hall–Kier alpha value is -3.07. The van der Waals surface area contributed by atoms with Gasteiger partial charge in [-0.3, -0.25) is 4.79 Å². The number of amides is 1. The molecule has 0 bridgehead atoms. The third-order valence-electron chi connectivity index (χ3n) is 3.05. The van der Waals surface area contributed by atoms with Crippen molar-refractivity contribution in [2.24, 2.45) is 0 Å². The number of aromatic nitrogens is 1. The summed E-state index contributed by atoms with van der Waals surface area (Å²) in [6.07, 6.45) is 0. The van der Waals surface area contributed by atoms with Gasteiger partial charge < -0.3 is 29.2 Å². The number of hydrogen-bond donors (Lipinski definition) is 2. The summed E-state index contributed by atoms with van der Waals surface area (Å²) in [5.74, 6) is -1.02. The molecule has 24 heavy (non-hydrogen) atoms. The number of rotatable bonds is 7. The molecule has 0 radical (unpaired) electrons. The van der Waals surface area contributed by atoms with Gasteiger partial charge in [0.15, 0.2) is 23.0 Å². The molecule has 0 aliphatic rings. The topological polar surface area (TPSA) is 120 Å². The molecule has 0 spiro atoms. The molecule has 2 N–H and O–H groups in total. The summed E-state index contributed by atoms with van der Waals surface area (Å²) in [5.41, 5.74) is 0.0857. The molecule has 0 atom stereocenters. The lowest BCUT2D eigenvalue weighted by Crippen LogP contribution is -2.14. The molecule has 2 rings (SSSR count). The minimum Gasteiger partial charge on any atom is -0.493 e. The fraction of sp³-hybridized carbons (Fsp3) is 0.267. The second kappa shape index (κ2) is 7.47. The zero-order valence-electron chi connectivity index (χ0n) is 13.3. The third-order valence-corrected chi connectivity index (χ3v) is 3.05. The van der Waals surface area contributed by atoms with E-state index in [1.807, 2.05) is 0 Å². The lowest BCUT2D eigenvalue weighted by atomic mass is 10.1. The summed E-state index contributed by atoms with van der Waals surface area (Å²) in [6.45, 7) is 0.173. The fourth-order valence-corrected chi connectivity index (χ4v) is 2.00. The molecule has 128 valence electrons. The van der Waals surface area contributed by atoms with Crippen LogP contribution in [0.5, 0.6) is 11.5 Å². The number of carboxylic acid groups (broad SMARTS) is 1.